The van der Waals surface area contributed by atoms with Crippen LogP contribution in [0.25, 0.3) is 0 Å². The van der Waals surface area contributed by atoms with Crippen LogP contribution in [-0.2, 0) is 19.5 Å². The molecule has 1 aromatic heterocycles. The van der Waals surface area contributed by atoms with E-state index in [-0.39, 0.29) is 6.54 Å². The minimum absolute atomic E-state index is 0.252. The fraction of sp³-hybridized carbons (Fsp3) is 0.417. The Labute approximate surface area is 110 Å². The lowest BCUT2D eigenvalue weighted by Crippen LogP contribution is -2.34. The molecule has 1 aliphatic heterocycles. The van der Waals surface area contributed by atoms with Crippen LogP contribution in [0.3, 0.4) is 0 Å². The molecule has 19 heavy (non-hydrogen) atoms. The van der Waals surface area contributed by atoms with Gasteiger partial charge in [-0.15, -0.1) is 12.3 Å². The Balaban J connectivity index is 2.35. The molecule has 1 aliphatic rings. The van der Waals surface area contributed by atoms with E-state index in [2.05, 4.69) is 16.2 Å². The van der Waals surface area contributed by atoms with Crippen LogP contribution in [0.5, 0.6) is 0 Å². The van der Waals surface area contributed by atoms with E-state index in [1.54, 1.807) is 4.68 Å². The Bertz CT molecular complexity index is 556. The normalized spacial score (nSPS) is 14.4. The van der Waals surface area contributed by atoms with Crippen LogP contribution in [0.4, 0.5) is 4.79 Å². The summed E-state index contributed by atoms with van der Waals surface area (Å²) in [4.78, 5) is 12.3. The highest BCUT2D eigenvalue weighted by Crippen LogP contribution is 2.21. The molecule has 1 aromatic rings. The number of oxime groups is 1. The van der Waals surface area contributed by atoms with Gasteiger partial charge < -0.3 is 15.2 Å². The van der Waals surface area contributed by atoms with E-state index < -0.39 is 6.09 Å². The number of rotatable bonds is 3. The third-order valence-corrected chi connectivity index (χ3v) is 3.06. The molecule has 7 heteroatoms. The maximum atomic E-state index is 11.0. The van der Waals surface area contributed by atoms with Gasteiger partial charge in [0.25, 0.3) is 0 Å². The first-order chi connectivity index (χ1) is 9.17. The second-order valence-electron chi connectivity index (χ2n) is 4.19. The number of aromatic nitrogens is 2. The molecule has 2 heterocycles. The second-order valence-corrected chi connectivity index (χ2v) is 4.19. The van der Waals surface area contributed by atoms with Crippen LogP contribution < -0.4 is 0 Å². The first kappa shape index (κ1) is 13.0. The van der Waals surface area contributed by atoms with Crippen molar-refractivity contribution < 1.29 is 15.1 Å². The third kappa shape index (κ3) is 2.52. The van der Waals surface area contributed by atoms with Crippen molar-refractivity contribution >= 4 is 12.3 Å². The quantitative estimate of drug-likeness (QED) is 0.364. The van der Waals surface area contributed by atoms with E-state index in [0.717, 1.165) is 11.3 Å². The molecule has 100 valence electrons. The maximum Gasteiger partial charge on any atom is 0.407 e. The van der Waals surface area contributed by atoms with Crippen molar-refractivity contribution in [3.8, 4) is 12.3 Å². The summed E-state index contributed by atoms with van der Waals surface area (Å²) >= 11 is 0. The molecular formula is C12H14N4O3. The van der Waals surface area contributed by atoms with Crippen molar-refractivity contribution in [1.29, 1.82) is 0 Å². The average Bonchev–Trinajstić information content (AvgIpc) is 2.74. The summed E-state index contributed by atoms with van der Waals surface area (Å²) in [6.07, 6.45) is 6.59. The summed E-state index contributed by atoms with van der Waals surface area (Å²) < 4.78 is 1.66. The smallest absolute Gasteiger partial charge is 0.407 e. The van der Waals surface area contributed by atoms with Gasteiger partial charge in [-0.1, -0.05) is 5.16 Å². The zero-order valence-electron chi connectivity index (χ0n) is 10.3. The van der Waals surface area contributed by atoms with E-state index in [0.29, 0.717) is 31.6 Å². The van der Waals surface area contributed by atoms with Crippen LogP contribution in [0.1, 0.15) is 23.4 Å². The molecule has 0 atom stereocenters. The van der Waals surface area contributed by atoms with Crippen molar-refractivity contribution in [2.75, 3.05) is 6.54 Å². The van der Waals surface area contributed by atoms with Gasteiger partial charge in [0, 0.05) is 24.9 Å². The first-order valence-electron chi connectivity index (χ1n) is 5.84. The fourth-order valence-corrected chi connectivity index (χ4v) is 2.15. The van der Waals surface area contributed by atoms with Gasteiger partial charge >= 0.3 is 6.09 Å². The van der Waals surface area contributed by atoms with Crippen LogP contribution in [0.15, 0.2) is 5.16 Å². The van der Waals surface area contributed by atoms with Crippen molar-refractivity contribution in [1.82, 2.24) is 14.7 Å². The molecule has 0 aromatic carbocycles. The molecule has 0 fully saturated rings. The minimum atomic E-state index is -0.964. The van der Waals surface area contributed by atoms with Crippen LogP contribution in [-0.4, -0.2) is 43.8 Å². The number of terminal acetylenes is 1. The molecule has 2 N–H and O–H groups in total. The number of nitrogens with zero attached hydrogens (tertiary/aromatic N) is 4. The molecule has 7 nitrogen and oxygen atoms in total. The van der Waals surface area contributed by atoms with Gasteiger partial charge in [-0.3, -0.25) is 4.68 Å². The van der Waals surface area contributed by atoms with Gasteiger partial charge in [0.1, 0.15) is 0 Å². The summed E-state index contributed by atoms with van der Waals surface area (Å²) in [5.74, 6) is 2.52. The van der Waals surface area contributed by atoms with Gasteiger partial charge in [-0.05, 0) is 0 Å². The fourth-order valence-electron chi connectivity index (χ4n) is 2.15. The lowest BCUT2D eigenvalue weighted by molar-refractivity contribution is 0.140. The average molecular weight is 262 g/mol. The minimum Gasteiger partial charge on any atom is -0.465 e. The molecular weight excluding hydrogens is 248 g/mol. The monoisotopic (exact) mass is 262 g/mol. The largest absolute Gasteiger partial charge is 0.465 e. The van der Waals surface area contributed by atoms with Crippen molar-refractivity contribution in [3.63, 3.8) is 0 Å². The number of amides is 1. The summed E-state index contributed by atoms with van der Waals surface area (Å²) in [6.45, 7) is 1.18. The predicted molar refractivity (Wildman–Crippen MR) is 67.2 cm³/mol. The summed E-state index contributed by atoms with van der Waals surface area (Å²) in [7, 11) is 0. The number of carbonyl (C=O) groups is 1. The van der Waals surface area contributed by atoms with Crippen LogP contribution >= 0.6 is 0 Å². The predicted octanol–water partition coefficient (Wildman–Crippen LogP) is 0.751. The number of hydrogen-bond donors (Lipinski definition) is 2. The molecule has 1 amide bonds. The number of aryl methyl sites for hydroxylation is 1. The number of carboxylic acid groups (broad SMARTS) is 1. The van der Waals surface area contributed by atoms with E-state index in [1.165, 1.54) is 11.1 Å². The van der Waals surface area contributed by atoms with Crippen molar-refractivity contribution in [2.24, 2.45) is 5.16 Å². The Morgan fingerprint density at radius 3 is 3.05 bits per heavy atom. The molecule has 0 unspecified atom stereocenters. The SMILES string of the molecule is C#CCCn1nc2c(c1/C=N\O)CN(C(=O)O)CC2. The molecule has 0 saturated heterocycles. The second kappa shape index (κ2) is 5.44. The van der Waals surface area contributed by atoms with E-state index >= 15 is 0 Å². The van der Waals surface area contributed by atoms with Crippen molar-refractivity contribution in [2.45, 2.75) is 25.9 Å². The maximum absolute atomic E-state index is 11.0. The van der Waals surface area contributed by atoms with Gasteiger partial charge in [-0.2, -0.15) is 5.10 Å². The summed E-state index contributed by atoms with van der Waals surface area (Å²) in [6, 6.07) is 0. The first-order valence-corrected chi connectivity index (χ1v) is 5.84. The zero-order valence-corrected chi connectivity index (χ0v) is 10.3. The lowest BCUT2D eigenvalue weighted by Gasteiger charge is -2.23. The number of hydrogen-bond acceptors (Lipinski definition) is 4. The van der Waals surface area contributed by atoms with Gasteiger partial charge in [0.15, 0.2) is 0 Å². The Morgan fingerprint density at radius 1 is 1.63 bits per heavy atom. The van der Waals surface area contributed by atoms with Gasteiger partial charge in [0.05, 0.1) is 30.7 Å². The van der Waals surface area contributed by atoms with Crippen LogP contribution in [0.2, 0.25) is 0 Å². The highest BCUT2D eigenvalue weighted by Gasteiger charge is 2.26. The number of fused-ring (bicyclic) bond motifs is 1. The third-order valence-electron chi connectivity index (χ3n) is 3.06. The van der Waals surface area contributed by atoms with Crippen LogP contribution in [0, 0.1) is 12.3 Å². The highest BCUT2D eigenvalue weighted by atomic mass is 16.4. The molecule has 0 aliphatic carbocycles. The molecule has 0 saturated carbocycles. The lowest BCUT2D eigenvalue weighted by atomic mass is 10.1. The highest BCUT2D eigenvalue weighted by molar-refractivity contribution is 5.80. The molecule has 0 spiro atoms. The molecule has 0 radical (unpaired) electrons. The Kier molecular flexibility index (Phi) is 3.71. The van der Waals surface area contributed by atoms with E-state index in [4.69, 9.17) is 16.7 Å². The topological polar surface area (TPSA) is 91.0 Å². The molecule has 2 rings (SSSR count). The summed E-state index contributed by atoms with van der Waals surface area (Å²) in [5.41, 5.74) is 2.23. The Hall–Kier alpha value is -2.49. The molecule has 0 bridgehead atoms. The van der Waals surface area contributed by atoms with E-state index in [1.807, 2.05) is 0 Å². The Morgan fingerprint density at radius 2 is 2.42 bits per heavy atom. The van der Waals surface area contributed by atoms with Crippen molar-refractivity contribution in [3.05, 3.63) is 17.0 Å². The van der Waals surface area contributed by atoms with Gasteiger partial charge in [0.2, 0.25) is 0 Å². The standard InChI is InChI=1S/C12H14N4O3/c1-2-3-5-16-11(7-13-19)9-8-15(12(17)18)6-4-10(9)14-16/h1,7,19H,3-6,8H2,(H,17,18)/b13-7-. The summed E-state index contributed by atoms with van der Waals surface area (Å²) in [5, 5.41) is 25.2. The van der Waals surface area contributed by atoms with Gasteiger partial charge in [-0.25, -0.2) is 4.79 Å². The zero-order chi connectivity index (χ0) is 13.8. The van der Waals surface area contributed by atoms with E-state index in [9.17, 15) is 4.79 Å².